The van der Waals surface area contributed by atoms with E-state index in [-0.39, 0.29) is 12.2 Å². The summed E-state index contributed by atoms with van der Waals surface area (Å²) in [7, 11) is -3.64. The Morgan fingerprint density at radius 3 is 2.48 bits per heavy atom. The molecule has 0 saturated heterocycles. The summed E-state index contributed by atoms with van der Waals surface area (Å²) >= 11 is 0. The largest absolute Gasteiger partial charge is 0.330 e. The van der Waals surface area contributed by atoms with Gasteiger partial charge in [0.05, 0.1) is 15.9 Å². The molecule has 4 aromatic rings. The first-order valence-electron chi connectivity index (χ1n) is 9.43. The summed E-state index contributed by atoms with van der Waals surface area (Å²) in [5, 5.41) is 1.62. The average molecular weight is 405 g/mol. The van der Waals surface area contributed by atoms with E-state index in [1.54, 1.807) is 16.7 Å². The van der Waals surface area contributed by atoms with E-state index in [1.165, 1.54) is 4.31 Å². The Balaban J connectivity index is 1.51. The van der Waals surface area contributed by atoms with Gasteiger partial charge in [0.25, 0.3) is 0 Å². The van der Waals surface area contributed by atoms with Crippen LogP contribution in [0.1, 0.15) is 6.42 Å². The first-order chi connectivity index (χ1) is 14.1. The van der Waals surface area contributed by atoms with Crippen LogP contribution < -0.4 is 5.69 Å². The molecule has 146 valence electrons. The van der Waals surface area contributed by atoms with E-state index in [9.17, 15) is 13.2 Å². The Hall–Kier alpha value is -3.16. The molecule has 0 spiro atoms. The maximum absolute atomic E-state index is 13.3. The summed E-state index contributed by atoms with van der Waals surface area (Å²) in [4.78, 5) is 15.6. The van der Waals surface area contributed by atoms with Crippen LogP contribution in [0.4, 0.5) is 0 Å². The molecule has 0 atom stereocenters. The van der Waals surface area contributed by atoms with Crippen LogP contribution >= 0.6 is 0 Å². The SMILES string of the molecule is O=c1[nH]c2ccccc2n1C1=CCN(S(=O)(=O)c2cccc3ccccc23)CC1. The number of H-pyrrole nitrogens is 1. The minimum absolute atomic E-state index is 0.206. The number of benzene rings is 3. The zero-order chi connectivity index (χ0) is 20.0. The van der Waals surface area contributed by atoms with E-state index in [2.05, 4.69) is 4.98 Å². The van der Waals surface area contributed by atoms with Crippen LogP contribution in [0.15, 0.2) is 82.5 Å². The van der Waals surface area contributed by atoms with E-state index >= 15 is 0 Å². The minimum Gasteiger partial charge on any atom is -0.305 e. The molecule has 0 aliphatic carbocycles. The van der Waals surface area contributed by atoms with Crippen molar-refractivity contribution in [3.8, 4) is 0 Å². The standard InChI is InChI=1S/C22H19N3O3S/c26-22-23-19-9-3-4-10-20(19)25(22)17-12-14-24(15-13-17)29(27,28)21-11-5-7-16-6-1-2-8-18(16)21/h1-12H,13-15H2,(H,23,26). The smallest absolute Gasteiger partial charge is 0.305 e. The lowest BCUT2D eigenvalue weighted by Crippen LogP contribution is -2.36. The molecule has 0 unspecified atom stereocenters. The van der Waals surface area contributed by atoms with Gasteiger partial charge in [-0.1, -0.05) is 48.5 Å². The van der Waals surface area contributed by atoms with Crippen molar-refractivity contribution in [2.24, 2.45) is 0 Å². The molecule has 0 saturated carbocycles. The van der Waals surface area contributed by atoms with Crippen molar-refractivity contribution in [3.63, 3.8) is 0 Å². The molecule has 0 fully saturated rings. The fourth-order valence-electron chi connectivity index (χ4n) is 3.96. The number of imidazole rings is 1. The van der Waals surface area contributed by atoms with Gasteiger partial charge in [0, 0.05) is 30.6 Å². The molecule has 5 rings (SSSR count). The zero-order valence-electron chi connectivity index (χ0n) is 15.6. The molecule has 1 aromatic heterocycles. The van der Waals surface area contributed by atoms with Crippen LogP contribution in [0.25, 0.3) is 27.5 Å². The van der Waals surface area contributed by atoms with Crippen molar-refractivity contribution < 1.29 is 8.42 Å². The second kappa shape index (κ2) is 6.72. The number of hydrogen-bond donors (Lipinski definition) is 1. The summed E-state index contributed by atoms with van der Waals surface area (Å²) in [5.74, 6) is 0. The third-order valence-corrected chi connectivity index (χ3v) is 7.32. The number of nitrogens with one attached hydrogen (secondary N) is 1. The summed E-state index contributed by atoms with van der Waals surface area (Å²) < 4.78 is 29.7. The highest BCUT2D eigenvalue weighted by molar-refractivity contribution is 7.89. The van der Waals surface area contributed by atoms with Gasteiger partial charge < -0.3 is 4.98 Å². The summed E-state index contributed by atoms with van der Waals surface area (Å²) in [6, 6.07) is 20.3. The van der Waals surface area contributed by atoms with E-state index in [4.69, 9.17) is 0 Å². The molecule has 0 amide bonds. The van der Waals surface area contributed by atoms with Crippen molar-refractivity contribution in [1.29, 1.82) is 0 Å². The second-order valence-corrected chi connectivity index (χ2v) is 8.97. The number of hydrogen-bond acceptors (Lipinski definition) is 3. The number of para-hydroxylation sites is 2. The Morgan fingerprint density at radius 1 is 0.897 bits per heavy atom. The number of rotatable bonds is 3. The van der Waals surface area contributed by atoms with Crippen molar-refractivity contribution in [2.45, 2.75) is 11.3 Å². The quantitative estimate of drug-likeness (QED) is 0.568. The van der Waals surface area contributed by atoms with Crippen LogP contribution in [0, 0.1) is 0 Å². The Morgan fingerprint density at radius 2 is 1.66 bits per heavy atom. The summed E-state index contributed by atoms with van der Waals surface area (Å²) in [6.45, 7) is 0.552. The molecular weight excluding hydrogens is 386 g/mol. The van der Waals surface area contributed by atoms with E-state index < -0.39 is 10.0 Å². The van der Waals surface area contributed by atoms with Gasteiger partial charge in [-0.25, -0.2) is 13.2 Å². The number of aromatic amines is 1. The molecule has 1 aliphatic heterocycles. The van der Waals surface area contributed by atoms with Crippen LogP contribution in [-0.4, -0.2) is 35.4 Å². The van der Waals surface area contributed by atoms with Crippen LogP contribution in [-0.2, 0) is 10.0 Å². The van der Waals surface area contributed by atoms with Gasteiger partial charge in [-0.15, -0.1) is 0 Å². The van der Waals surface area contributed by atoms with Crippen LogP contribution in [0.3, 0.4) is 0 Å². The Labute approximate surface area is 167 Å². The molecule has 6 nitrogen and oxygen atoms in total. The van der Waals surface area contributed by atoms with Gasteiger partial charge >= 0.3 is 5.69 Å². The Kier molecular flexibility index (Phi) is 4.15. The second-order valence-electron chi connectivity index (χ2n) is 7.07. The average Bonchev–Trinajstić information content (AvgIpc) is 3.09. The van der Waals surface area contributed by atoms with Crippen molar-refractivity contribution in [2.75, 3.05) is 13.1 Å². The van der Waals surface area contributed by atoms with Crippen LogP contribution in [0.5, 0.6) is 0 Å². The highest BCUT2D eigenvalue weighted by atomic mass is 32.2. The monoisotopic (exact) mass is 405 g/mol. The zero-order valence-corrected chi connectivity index (χ0v) is 16.4. The normalized spacial score (nSPS) is 15.7. The number of fused-ring (bicyclic) bond motifs is 2. The fraction of sp³-hybridized carbons (Fsp3) is 0.136. The van der Waals surface area contributed by atoms with Crippen LogP contribution in [0.2, 0.25) is 0 Å². The first-order valence-corrected chi connectivity index (χ1v) is 10.9. The van der Waals surface area contributed by atoms with E-state index in [0.717, 1.165) is 27.5 Å². The van der Waals surface area contributed by atoms with Gasteiger partial charge in [0.1, 0.15) is 0 Å². The van der Waals surface area contributed by atoms with Crippen molar-refractivity contribution in [1.82, 2.24) is 13.9 Å². The molecule has 1 aliphatic rings. The number of aromatic nitrogens is 2. The minimum atomic E-state index is -3.64. The molecule has 0 bridgehead atoms. The molecule has 2 heterocycles. The highest BCUT2D eigenvalue weighted by Gasteiger charge is 2.28. The molecule has 7 heteroatoms. The Bertz CT molecular complexity index is 1430. The molecule has 1 N–H and O–H groups in total. The summed E-state index contributed by atoms with van der Waals surface area (Å²) in [5.41, 5.74) is 2.18. The fourth-order valence-corrected chi connectivity index (χ4v) is 5.56. The van der Waals surface area contributed by atoms with Gasteiger partial charge in [-0.3, -0.25) is 4.57 Å². The topological polar surface area (TPSA) is 75.2 Å². The summed E-state index contributed by atoms with van der Waals surface area (Å²) in [6.07, 6.45) is 2.29. The first kappa shape index (κ1) is 17.9. The highest BCUT2D eigenvalue weighted by Crippen LogP contribution is 2.28. The number of nitrogens with zero attached hydrogens (tertiary/aromatic N) is 2. The lowest BCUT2D eigenvalue weighted by Gasteiger charge is -2.26. The predicted octanol–water partition coefficient (Wildman–Crippen LogP) is 3.42. The molecule has 0 radical (unpaired) electrons. The third kappa shape index (κ3) is 2.90. The van der Waals surface area contributed by atoms with E-state index in [1.807, 2.05) is 60.7 Å². The number of sulfonamides is 1. The lowest BCUT2D eigenvalue weighted by atomic mass is 10.1. The van der Waals surface area contributed by atoms with Gasteiger partial charge in [0.2, 0.25) is 10.0 Å². The van der Waals surface area contributed by atoms with Crippen molar-refractivity contribution in [3.05, 3.63) is 83.3 Å². The van der Waals surface area contributed by atoms with Gasteiger partial charge in [-0.05, 0) is 29.7 Å². The predicted molar refractivity (Wildman–Crippen MR) is 114 cm³/mol. The van der Waals surface area contributed by atoms with Crippen molar-refractivity contribution >= 4 is 37.5 Å². The molecular formula is C22H19N3O3S. The maximum Gasteiger partial charge on any atom is 0.330 e. The third-order valence-electron chi connectivity index (χ3n) is 5.39. The maximum atomic E-state index is 13.3. The van der Waals surface area contributed by atoms with Gasteiger partial charge in [0.15, 0.2) is 0 Å². The van der Waals surface area contributed by atoms with Gasteiger partial charge in [-0.2, -0.15) is 4.31 Å². The molecule has 29 heavy (non-hydrogen) atoms. The lowest BCUT2D eigenvalue weighted by molar-refractivity contribution is 0.438. The van der Waals surface area contributed by atoms with E-state index in [0.29, 0.717) is 17.9 Å². The molecule has 3 aromatic carbocycles.